The largest absolute Gasteiger partial charge is 0.355 e. The minimum atomic E-state index is 0.0943. The van der Waals surface area contributed by atoms with Crippen molar-refractivity contribution in [2.45, 2.75) is 19.3 Å². The lowest BCUT2D eigenvalue weighted by Gasteiger charge is -2.08. The number of ketones is 1. The number of nitriles is 1. The number of carbonyl (C=O) groups is 1. The Bertz CT molecular complexity index is 647. The number of nitrogens with zero attached hydrogens (tertiary/aromatic N) is 2. The van der Waals surface area contributed by atoms with Crippen LogP contribution in [0.1, 0.15) is 34.5 Å². The van der Waals surface area contributed by atoms with Gasteiger partial charge in [-0.2, -0.15) is 5.26 Å². The van der Waals surface area contributed by atoms with Crippen molar-refractivity contribution in [3.8, 4) is 17.4 Å². The first-order chi connectivity index (χ1) is 8.79. The Morgan fingerprint density at radius 3 is 2.72 bits per heavy atom. The Kier molecular flexibility index (Phi) is 2.45. The van der Waals surface area contributed by atoms with Gasteiger partial charge in [0.25, 0.3) is 0 Å². The summed E-state index contributed by atoms with van der Waals surface area (Å²) in [5, 5.41) is 12.7. The van der Waals surface area contributed by atoms with Gasteiger partial charge in [-0.25, -0.2) is 0 Å². The van der Waals surface area contributed by atoms with E-state index in [2.05, 4.69) is 11.2 Å². The molecule has 0 fully saturated rings. The highest BCUT2D eigenvalue weighted by Crippen LogP contribution is 2.31. The Morgan fingerprint density at radius 2 is 2.00 bits per heavy atom. The summed E-state index contributed by atoms with van der Waals surface area (Å²) in [4.78, 5) is 11.9. The molecule has 0 amide bonds. The minimum Gasteiger partial charge on any atom is -0.355 e. The number of hydrogen-bond acceptors (Lipinski definition) is 4. The van der Waals surface area contributed by atoms with Crippen molar-refractivity contribution in [1.82, 2.24) is 5.16 Å². The fraction of sp³-hybridized carbons (Fsp3) is 0.214. The number of benzene rings is 1. The molecule has 1 aromatic carbocycles. The van der Waals surface area contributed by atoms with E-state index < -0.39 is 0 Å². The Morgan fingerprint density at radius 1 is 1.22 bits per heavy atom. The van der Waals surface area contributed by atoms with Gasteiger partial charge in [0.15, 0.2) is 11.5 Å². The fourth-order valence-corrected chi connectivity index (χ4v) is 2.22. The van der Waals surface area contributed by atoms with Gasteiger partial charge in [0.05, 0.1) is 22.9 Å². The van der Waals surface area contributed by atoms with E-state index in [1.54, 1.807) is 24.3 Å². The lowest BCUT2D eigenvalue weighted by atomic mass is 9.93. The summed E-state index contributed by atoms with van der Waals surface area (Å²) in [5.41, 5.74) is 2.74. The number of carbonyl (C=O) groups excluding carboxylic acids is 1. The third-order valence-electron chi connectivity index (χ3n) is 3.14. The van der Waals surface area contributed by atoms with Gasteiger partial charge in [0.2, 0.25) is 0 Å². The van der Waals surface area contributed by atoms with Crippen molar-refractivity contribution in [2.75, 3.05) is 0 Å². The van der Waals surface area contributed by atoms with Crippen LogP contribution in [0.25, 0.3) is 11.3 Å². The van der Waals surface area contributed by atoms with Gasteiger partial charge in [-0.3, -0.25) is 4.79 Å². The monoisotopic (exact) mass is 238 g/mol. The summed E-state index contributed by atoms with van der Waals surface area (Å²) in [7, 11) is 0. The lowest BCUT2D eigenvalue weighted by molar-refractivity contribution is 0.0973. The lowest BCUT2D eigenvalue weighted by Crippen LogP contribution is -2.09. The number of aromatic nitrogens is 1. The van der Waals surface area contributed by atoms with Gasteiger partial charge in [0, 0.05) is 12.0 Å². The van der Waals surface area contributed by atoms with Crippen LogP contribution in [-0.2, 0) is 6.42 Å². The van der Waals surface area contributed by atoms with E-state index in [4.69, 9.17) is 9.78 Å². The minimum absolute atomic E-state index is 0.0943. The molecule has 0 radical (unpaired) electrons. The average Bonchev–Trinajstić information content (AvgIpc) is 2.84. The summed E-state index contributed by atoms with van der Waals surface area (Å²) in [6, 6.07) is 9.03. The maximum Gasteiger partial charge on any atom is 0.177 e. The zero-order valence-electron chi connectivity index (χ0n) is 9.64. The van der Waals surface area contributed by atoms with Crippen LogP contribution in [-0.4, -0.2) is 10.9 Å². The smallest absolute Gasteiger partial charge is 0.177 e. The Balaban J connectivity index is 2.09. The van der Waals surface area contributed by atoms with E-state index in [1.165, 1.54) is 0 Å². The second kappa shape index (κ2) is 4.11. The van der Waals surface area contributed by atoms with Crippen molar-refractivity contribution in [3.63, 3.8) is 0 Å². The molecule has 0 saturated heterocycles. The maximum atomic E-state index is 11.9. The molecular formula is C14H10N2O2. The van der Waals surface area contributed by atoms with E-state index in [9.17, 15) is 4.79 Å². The molecule has 18 heavy (non-hydrogen) atoms. The van der Waals surface area contributed by atoms with E-state index >= 15 is 0 Å². The number of hydrogen-bond donors (Lipinski definition) is 0. The molecule has 1 aromatic heterocycles. The van der Waals surface area contributed by atoms with Crippen molar-refractivity contribution < 1.29 is 9.32 Å². The van der Waals surface area contributed by atoms with Crippen molar-refractivity contribution >= 4 is 5.78 Å². The number of Topliss-reactive ketones (excluding diaryl/α,β-unsaturated/α-hetero) is 1. The molecular weight excluding hydrogens is 228 g/mol. The second-order valence-electron chi connectivity index (χ2n) is 4.30. The topological polar surface area (TPSA) is 66.9 Å². The van der Waals surface area contributed by atoms with Gasteiger partial charge >= 0.3 is 0 Å². The Hall–Kier alpha value is -2.41. The molecule has 0 saturated carbocycles. The van der Waals surface area contributed by atoms with E-state index in [-0.39, 0.29) is 5.78 Å². The van der Waals surface area contributed by atoms with Crippen LogP contribution in [0.2, 0.25) is 0 Å². The molecule has 88 valence electrons. The SMILES string of the molecule is N#Cc1ccc(-c2onc3c2C(=O)CCC3)cc1. The molecule has 1 heterocycles. The summed E-state index contributed by atoms with van der Waals surface area (Å²) >= 11 is 0. The van der Waals surface area contributed by atoms with Crippen LogP contribution in [0.5, 0.6) is 0 Å². The van der Waals surface area contributed by atoms with Crippen LogP contribution in [0.3, 0.4) is 0 Å². The quantitative estimate of drug-likeness (QED) is 0.766. The highest BCUT2D eigenvalue weighted by molar-refractivity contribution is 6.02. The zero-order valence-corrected chi connectivity index (χ0v) is 9.64. The van der Waals surface area contributed by atoms with Crippen LogP contribution in [0.15, 0.2) is 28.8 Å². The molecule has 1 aliphatic carbocycles. The second-order valence-corrected chi connectivity index (χ2v) is 4.30. The number of rotatable bonds is 1. The molecule has 0 unspecified atom stereocenters. The normalized spacial score (nSPS) is 14.1. The average molecular weight is 238 g/mol. The van der Waals surface area contributed by atoms with Gasteiger partial charge < -0.3 is 4.52 Å². The molecule has 4 nitrogen and oxygen atoms in total. The molecule has 0 atom stereocenters. The maximum absolute atomic E-state index is 11.9. The molecule has 3 rings (SSSR count). The van der Waals surface area contributed by atoms with Crippen molar-refractivity contribution in [2.24, 2.45) is 0 Å². The van der Waals surface area contributed by atoms with Crippen molar-refractivity contribution in [3.05, 3.63) is 41.1 Å². The summed E-state index contributed by atoms with van der Waals surface area (Å²) < 4.78 is 5.29. The standard InChI is InChI=1S/C14H10N2O2/c15-8-9-4-6-10(7-5-9)14-13-11(16-18-14)2-1-3-12(13)17/h4-7H,1-3H2. The van der Waals surface area contributed by atoms with E-state index in [0.717, 1.165) is 24.1 Å². The third kappa shape index (κ3) is 1.61. The molecule has 4 heteroatoms. The molecule has 0 spiro atoms. The number of aryl methyl sites for hydroxylation is 1. The zero-order chi connectivity index (χ0) is 12.5. The fourth-order valence-electron chi connectivity index (χ4n) is 2.22. The summed E-state index contributed by atoms with van der Waals surface area (Å²) in [6.07, 6.45) is 2.18. The first kappa shape index (κ1) is 10.7. The summed E-state index contributed by atoms with van der Waals surface area (Å²) in [5.74, 6) is 0.621. The highest BCUT2D eigenvalue weighted by Gasteiger charge is 2.26. The van der Waals surface area contributed by atoms with Crippen LogP contribution in [0, 0.1) is 11.3 Å². The number of fused-ring (bicyclic) bond motifs is 1. The van der Waals surface area contributed by atoms with Crippen LogP contribution >= 0.6 is 0 Å². The van der Waals surface area contributed by atoms with Gasteiger partial charge in [-0.15, -0.1) is 0 Å². The van der Waals surface area contributed by atoms with Crippen molar-refractivity contribution in [1.29, 1.82) is 5.26 Å². The van der Waals surface area contributed by atoms with E-state index in [1.807, 2.05) is 0 Å². The van der Waals surface area contributed by atoms with Gasteiger partial charge in [0.1, 0.15) is 0 Å². The first-order valence-electron chi connectivity index (χ1n) is 5.82. The van der Waals surface area contributed by atoms with Crippen LogP contribution < -0.4 is 0 Å². The highest BCUT2D eigenvalue weighted by atomic mass is 16.5. The van der Waals surface area contributed by atoms with Gasteiger partial charge in [-0.1, -0.05) is 5.16 Å². The predicted molar refractivity (Wildman–Crippen MR) is 63.9 cm³/mol. The molecule has 2 aromatic rings. The predicted octanol–water partition coefficient (Wildman–Crippen LogP) is 2.73. The molecule has 0 N–H and O–H groups in total. The molecule has 1 aliphatic rings. The van der Waals surface area contributed by atoms with Gasteiger partial charge in [-0.05, 0) is 37.1 Å². The Labute approximate surface area is 104 Å². The molecule has 0 bridgehead atoms. The van der Waals surface area contributed by atoms with E-state index in [0.29, 0.717) is 23.3 Å². The first-order valence-corrected chi connectivity index (χ1v) is 5.82. The summed E-state index contributed by atoms with van der Waals surface area (Å²) in [6.45, 7) is 0. The van der Waals surface area contributed by atoms with Crippen LogP contribution in [0.4, 0.5) is 0 Å². The third-order valence-corrected chi connectivity index (χ3v) is 3.14. The molecule has 0 aliphatic heterocycles.